The summed E-state index contributed by atoms with van der Waals surface area (Å²) in [5.41, 5.74) is 6.01. The number of phenols is 1. The van der Waals surface area contributed by atoms with Gasteiger partial charge in [-0.2, -0.15) is 0 Å². The van der Waals surface area contributed by atoms with Gasteiger partial charge in [0.25, 0.3) is 0 Å². The van der Waals surface area contributed by atoms with E-state index in [0.29, 0.717) is 19.3 Å². The molecule has 0 spiro atoms. The Morgan fingerprint density at radius 2 is 1.80 bits per heavy atom. The van der Waals surface area contributed by atoms with Gasteiger partial charge in [-0.1, -0.05) is 47.6 Å². The largest absolute Gasteiger partial charge is 0.508 e. The topological polar surface area (TPSA) is 171 Å². The van der Waals surface area contributed by atoms with Crippen molar-refractivity contribution in [3.8, 4) is 5.75 Å². The number of aromatic hydroxyl groups is 1. The number of aliphatic carboxylic acids is 1. The molecule has 1 unspecified atom stereocenters. The van der Waals surface area contributed by atoms with E-state index in [1.165, 1.54) is 33.7 Å². The van der Waals surface area contributed by atoms with Crippen LogP contribution in [-0.4, -0.2) is 70.1 Å². The van der Waals surface area contributed by atoms with Gasteiger partial charge in [-0.15, -0.1) is 0 Å². The molecule has 0 aromatic heterocycles. The van der Waals surface area contributed by atoms with Crippen molar-refractivity contribution < 1.29 is 29.4 Å². The first-order chi connectivity index (χ1) is 16.6. The molecule has 3 amide bonds. The van der Waals surface area contributed by atoms with Crippen LogP contribution in [-0.2, 0) is 25.6 Å². The van der Waals surface area contributed by atoms with E-state index in [0.717, 1.165) is 5.56 Å². The Kier molecular flexibility index (Phi) is 11.2. The van der Waals surface area contributed by atoms with Gasteiger partial charge in [-0.3, -0.25) is 14.4 Å². The number of amides is 3. The molecule has 7 N–H and O–H groups in total. The first-order valence-electron chi connectivity index (χ1n) is 11.5. The monoisotopic (exact) mass is 526 g/mol. The van der Waals surface area contributed by atoms with E-state index >= 15 is 0 Å². The van der Waals surface area contributed by atoms with Crippen LogP contribution in [0, 0.1) is 5.41 Å². The normalized spacial score (nSPS) is 22.4. The number of rotatable bonds is 7. The summed E-state index contributed by atoms with van der Waals surface area (Å²) in [6.07, 6.45) is 1.55. The summed E-state index contributed by atoms with van der Waals surface area (Å²) < 4.78 is 0. The van der Waals surface area contributed by atoms with E-state index in [4.69, 9.17) is 5.73 Å². The number of benzene rings is 1. The highest BCUT2D eigenvalue weighted by Crippen LogP contribution is 2.31. The predicted molar refractivity (Wildman–Crippen MR) is 137 cm³/mol. The molecule has 35 heavy (non-hydrogen) atoms. The van der Waals surface area contributed by atoms with Crippen molar-refractivity contribution >= 4 is 45.3 Å². The average Bonchev–Trinajstić information content (AvgIpc) is 2.84. The summed E-state index contributed by atoms with van der Waals surface area (Å²) in [6, 6.07) is 3.51. The number of carbonyl (C=O) groups is 4. The van der Waals surface area contributed by atoms with Gasteiger partial charge in [0.05, 0.1) is 11.5 Å². The van der Waals surface area contributed by atoms with E-state index in [1.807, 2.05) is 13.8 Å². The van der Waals surface area contributed by atoms with Gasteiger partial charge >= 0.3 is 5.97 Å². The lowest BCUT2D eigenvalue weighted by atomic mass is 9.78. The highest BCUT2D eigenvalue weighted by atomic mass is 33.1. The molecule has 1 aliphatic rings. The Bertz CT molecular complexity index is 895. The zero-order chi connectivity index (χ0) is 26.0. The molecule has 0 saturated carbocycles. The molecular formula is C23H34N4O6S2. The van der Waals surface area contributed by atoms with Crippen LogP contribution in [0.15, 0.2) is 24.3 Å². The van der Waals surface area contributed by atoms with Crippen molar-refractivity contribution in [2.45, 2.75) is 57.7 Å². The van der Waals surface area contributed by atoms with Crippen molar-refractivity contribution in [3.05, 3.63) is 29.8 Å². The van der Waals surface area contributed by atoms with E-state index in [-0.39, 0.29) is 42.0 Å². The summed E-state index contributed by atoms with van der Waals surface area (Å²) in [6.45, 7) is 3.93. The SMILES string of the molecule is CCC1(CC)CCNC(=O)[C@@H](NC(=O)[C@@H](N)Cc2ccc(O)cc2)CSSCC(C(=O)O)NC1=O. The van der Waals surface area contributed by atoms with Crippen molar-refractivity contribution in [1.29, 1.82) is 0 Å². The number of hydrogen-bond acceptors (Lipinski definition) is 8. The van der Waals surface area contributed by atoms with Crippen molar-refractivity contribution in [3.63, 3.8) is 0 Å². The molecule has 1 aromatic rings. The molecule has 1 aliphatic heterocycles. The Morgan fingerprint density at radius 3 is 2.40 bits per heavy atom. The van der Waals surface area contributed by atoms with Crippen LogP contribution in [0.4, 0.5) is 0 Å². The Balaban J connectivity index is 2.11. The molecule has 1 saturated heterocycles. The first-order valence-corrected chi connectivity index (χ1v) is 14.0. The number of nitrogens with one attached hydrogen (secondary N) is 3. The lowest BCUT2D eigenvalue weighted by molar-refractivity contribution is -0.143. The minimum atomic E-state index is -1.12. The number of carboxylic acid groups (broad SMARTS) is 1. The van der Waals surface area contributed by atoms with Gasteiger partial charge < -0.3 is 31.9 Å². The van der Waals surface area contributed by atoms with E-state index < -0.39 is 35.4 Å². The summed E-state index contributed by atoms with van der Waals surface area (Å²) in [4.78, 5) is 50.3. The zero-order valence-electron chi connectivity index (χ0n) is 19.9. The maximum Gasteiger partial charge on any atom is 0.327 e. The van der Waals surface area contributed by atoms with Crippen molar-refractivity contribution in [2.75, 3.05) is 18.1 Å². The minimum absolute atomic E-state index is 0.109. The third-order valence-electron chi connectivity index (χ3n) is 6.26. The fourth-order valence-corrected chi connectivity index (χ4v) is 6.06. The molecule has 0 bridgehead atoms. The van der Waals surface area contributed by atoms with Gasteiger partial charge in [0.15, 0.2) is 0 Å². The third kappa shape index (κ3) is 8.32. The standard InChI is InChI=1S/C23H34N4O6S2/c1-3-23(4-2)9-10-25-20(30)17(12-34-35-13-18(21(31)32)27-22(23)33)26-19(29)16(24)11-14-5-7-15(28)8-6-14/h5-8,16-18,28H,3-4,9-13,24H2,1-2H3,(H,25,30)(H,26,29)(H,27,33)(H,31,32)/t16-,17-,18?/m0/s1. The van der Waals surface area contributed by atoms with Crippen molar-refractivity contribution in [2.24, 2.45) is 11.1 Å². The van der Waals surface area contributed by atoms with Crippen LogP contribution in [0.5, 0.6) is 5.75 Å². The van der Waals surface area contributed by atoms with E-state index in [1.54, 1.807) is 12.1 Å². The van der Waals surface area contributed by atoms with Crippen molar-refractivity contribution in [1.82, 2.24) is 16.0 Å². The number of phenolic OH excluding ortho intramolecular Hbond substituents is 1. The highest BCUT2D eigenvalue weighted by molar-refractivity contribution is 8.76. The van der Waals surface area contributed by atoms with Crippen LogP contribution in [0.3, 0.4) is 0 Å². The number of carboxylic acids is 1. The number of hydrogen-bond donors (Lipinski definition) is 6. The molecule has 12 heteroatoms. The first kappa shape index (κ1) is 28.8. The molecule has 3 atom stereocenters. The van der Waals surface area contributed by atoms with Crippen LogP contribution >= 0.6 is 21.6 Å². The molecule has 0 radical (unpaired) electrons. The fourth-order valence-electron chi connectivity index (χ4n) is 3.75. The number of carbonyl (C=O) groups excluding carboxylic acids is 3. The molecular weight excluding hydrogens is 492 g/mol. The maximum atomic E-state index is 13.0. The minimum Gasteiger partial charge on any atom is -0.508 e. The zero-order valence-corrected chi connectivity index (χ0v) is 21.5. The second-order valence-electron chi connectivity index (χ2n) is 8.50. The summed E-state index contributed by atoms with van der Waals surface area (Å²) in [5, 5.41) is 27.1. The third-order valence-corrected chi connectivity index (χ3v) is 8.68. The van der Waals surface area contributed by atoms with Crippen LogP contribution < -0.4 is 21.7 Å². The lowest BCUT2D eigenvalue weighted by Gasteiger charge is -2.31. The van der Waals surface area contributed by atoms with Crippen LogP contribution in [0.25, 0.3) is 0 Å². The Morgan fingerprint density at radius 1 is 1.17 bits per heavy atom. The fraction of sp³-hybridized carbons (Fsp3) is 0.565. The Labute approximate surface area is 212 Å². The van der Waals surface area contributed by atoms with Gasteiger partial charge in [-0.25, -0.2) is 4.79 Å². The van der Waals surface area contributed by atoms with Crippen LogP contribution in [0.1, 0.15) is 38.7 Å². The molecule has 1 heterocycles. The summed E-state index contributed by atoms with van der Waals surface area (Å²) >= 11 is 0. The molecule has 2 rings (SSSR count). The summed E-state index contributed by atoms with van der Waals surface area (Å²) in [5.74, 6) is -1.93. The second kappa shape index (κ2) is 13.6. The van der Waals surface area contributed by atoms with Gasteiger partial charge in [0.2, 0.25) is 17.7 Å². The van der Waals surface area contributed by atoms with E-state index in [9.17, 15) is 29.4 Å². The smallest absolute Gasteiger partial charge is 0.327 e. The quantitative estimate of drug-likeness (QED) is 0.284. The molecule has 1 fully saturated rings. The van der Waals surface area contributed by atoms with Gasteiger partial charge in [0, 0.05) is 18.1 Å². The second-order valence-corrected chi connectivity index (χ2v) is 11.1. The van der Waals surface area contributed by atoms with Gasteiger partial charge in [0.1, 0.15) is 17.8 Å². The molecule has 194 valence electrons. The Hall–Kier alpha value is -2.44. The lowest BCUT2D eigenvalue weighted by Crippen LogP contribution is -2.53. The summed E-state index contributed by atoms with van der Waals surface area (Å²) in [7, 11) is 2.45. The number of nitrogens with two attached hydrogens (primary N) is 1. The molecule has 0 aliphatic carbocycles. The van der Waals surface area contributed by atoms with E-state index in [2.05, 4.69) is 16.0 Å². The maximum absolute atomic E-state index is 13.0. The highest BCUT2D eigenvalue weighted by Gasteiger charge is 2.37. The molecule has 1 aromatic carbocycles. The van der Waals surface area contributed by atoms with Crippen LogP contribution in [0.2, 0.25) is 0 Å². The van der Waals surface area contributed by atoms with Gasteiger partial charge in [-0.05, 0) is 43.4 Å². The predicted octanol–water partition coefficient (Wildman–Crippen LogP) is 1.02. The molecule has 10 nitrogen and oxygen atoms in total. The average molecular weight is 527 g/mol.